The van der Waals surface area contributed by atoms with E-state index >= 15 is 0 Å². The summed E-state index contributed by atoms with van der Waals surface area (Å²) in [4.78, 5) is 18.5. The van der Waals surface area contributed by atoms with Crippen LogP contribution in [0.5, 0.6) is 0 Å². The van der Waals surface area contributed by atoms with Gasteiger partial charge in [0.15, 0.2) is 0 Å². The van der Waals surface area contributed by atoms with E-state index in [0.29, 0.717) is 6.42 Å². The number of rotatable bonds is 4. The minimum atomic E-state index is 0.140. The Kier molecular flexibility index (Phi) is 4.62. The van der Waals surface area contributed by atoms with Gasteiger partial charge in [0.05, 0.1) is 0 Å². The van der Waals surface area contributed by atoms with Crippen LogP contribution in [0.3, 0.4) is 0 Å². The zero-order chi connectivity index (χ0) is 13.0. The van der Waals surface area contributed by atoms with Gasteiger partial charge >= 0.3 is 0 Å². The van der Waals surface area contributed by atoms with Gasteiger partial charge in [-0.1, -0.05) is 0 Å². The molecule has 2 aliphatic heterocycles. The number of likely N-dealkylation sites (tertiary alicyclic amines) is 1. The number of amides is 1. The van der Waals surface area contributed by atoms with Gasteiger partial charge in [-0.3, -0.25) is 4.79 Å². The molecule has 4 heteroatoms. The first-order chi connectivity index (χ1) is 8.69. The van der Waals surface area contributed by atoms with Crippen molar-refractivity contribution in [3.63, 3.8) is 0 Å². The zero-order valence-electron chi connectivity index (χ0n) is 11.3. The molecule has 2 heterocycles. The van der Waals surface area contributed by atoms with Crippen molar-refractivity contribution in [1.29, 1.82) is 0 Å². The van der Waals surface area contributed by atoms with Gasteiger partial charge in [-0.05, 0) is 20.0 Å². The summed E-state index contributed by atoms with van der Waals surface area (Å²) in [6.45, 7) is 7.33. The van der Waals surface area contributed by atoms with Crippen molar-refractivity contribution < 1.29 is 4.79 Å². The van der Waals surface area contributed by atoms with Gasteiger partial charge in [-0.25, -0.2) is 0 Å². The second-order valence-electron chi connectivity index (χ2n) is 5.41. The summed E-state index contributed by atoms with van der Waals surface area (Å²) in [6, 6.07) is 0. The standard InChI is InChI=1S/C14H23N3O/c1-3-13-11-14(18)17(12-13)6-4-5-16-9-7-15(2)8-10-16/h1,13H,4-12H2,2H3. The van der Waals surface area contributed by atoms with Crippen LogP contribution >= 0.6 is 0 Å². The van der Waals surface area contributed by atoms with Crippen molar-refractivity contribution in [2.45, 2.75) is 12.8 Å². The minimum Gasteiger partial charge on any atom is -0.341 e. The maximum Gasteiger partial charge on any atom is 0.223 e. The molecule has 0 aromatic heterocycles. The first-order valence-electron chi connectivity index (χ1n) is 6.84. The third-order valence-electron chi connectivity index (χ3n) is 3.95. The Hall–Kier alpha value is -1.05. The number of likely N-dealkylation sites (N-methyl/N-ethyl adjacent to an activating group) is 1. The molecule has 0 aromatic rings. The van der Waals surface area contributed by atoms with Gasteiger partial charge in [-0.2, -0.15) is 0 Å². The summed E-state index contributed by atoms with van der Waals surface area (Å²) in [5.74, 6) is 3.06. The second-order valence-corrected chi connectivity index (χ2v) is 5.41. The lowest BCUT2D eigenvalue weighted by atomic mass is 10.1. The molecule has 2 saturated heterocycles. The molecule has 4 nitrogen and oxygen atoms in total. The van der Waals surface area contributed by atoms with Crippen LogP contribution in [0.25, 0.3) is 0 Å². The van der Waals surface area contributed by atoms with Gasteiger partial charge in [0, 0.05) is 51.6 Å². The third-order valence-corrected chi connectivity index (χ3v) is 3.95. The van der Waals surface area contributed by atoms with Crippen LogP contribution in [0, 0.1) is 18.3 Å². The van der Waals surface area contributed by atoms with E-state index in [1.165, 1.54) is 0 Å². The van der Waals surface area contributed by atoms with E-state index in [2.05, 4.69) is 22.8 Å². The van der Waals surface area contributed by atoms with E-state index in [9.17, 15) is 4.79 Å². The maximum atomic E-state index is 11.7. The fourth-order valence-electron chi connectivity index (χ4n) is 2.66. The molecule has 2 fully saturated rings. The summed E-state index contributed by atoms with van der Waals surface area (Å²) in [5.41, 5.74) is 0. The summed E-state index contributed by atoms with van der Waals surface area (Å²) < 4.78 is 0. The van der Waals surface area contributed by atoms with Crippen molar-refractivity contribution in [1.82, 2.24) is 14.7 Å². The number of terminal acetylenes is 1. The van der Waals surface area contributed by atoms with Crippen LogP contribution in [0.4, 0.5) is 0 Å². The average Bonchev–Trinajstić information content (AvgIpc) is 2.73. The lowest BCUT2D eigenvalue weighted by Gasteiger charge is -2.32. The van der Waals surface area contributed by atoms with E-state index in [-0.39, 0.29) is 11.8 Å². The van der Waals surface area contributed by atoms with Crippen LogP contribution in [-0.4, -0.2) is 73.5 Å². The van der Waals surface area contributed by atoms with Crippen molar-refractivity contribution in [2.24, 2.45) is 5.92 Å². The van der Waals surface area contributed by atoms with Crippen LogP contribution in [0.2, 0.25) is 0 Å². The van der Waals surface area contributed by atoms with Crippen molar-refractivity contribution in [3.8, 4) is 12.3 Å². The minimum absolute atomic E-state index is 0.140. The molecule has 1 amide bonds. The monoisotopic (exact) mass is 249 g/mol. The molecule has 18 heavy (non-hydrogen) atoms. The van der Waals surface area contributed by atoms with E-state index in [4.69, 9.17) is 6.42 Å². The van der Waals surface area contributed by atoms with Crippen molar-refractivity contribution >= 4 is 5.91 Å². The Morgan fingerprint density at radius 2 is 2.00 bits per heavy atom. The Morgan fingerprint density at radius 1 is 1.28 bits per heavy atom. The van der Waals surface area contributed by atoms with E-state index in [1.807, 2.05) is 4.90 Å². The number of hydrogen-bond donors (Lipinski definition) is 0. The highest BCUT2D eigenvalue weighted by molar-refractivity contribution is 5.79. The number of carbonyl (C=O) groups excluding carboxylic acids is 1. The molecule has 0 radical (unpaired) electrons. The lowest BCUT2D eigenvalue weighted by molar-refractivity contribution is -0.127. The fourth-order valence-corrected chi connectivity index (χ4v) is 2.66. The second kappa shape index (κ2) is 6.21. The molecule has 2 aliphatic rings. The van der Waals surface area contributed by atoms with Crippen LogP contribution in [0.15, 0.2) is 0 Å². The fraction of sp³-hybridized carbons (Fsp3) is 0.786. The number of piperazine rings is 1. The number of nitrogens with zero attached hydrogens (tertiary/aromatic N) is 3. The largest absolute Gasteiger partial charge is 0.341 e. The number of hydrogen-bond acceptors (Lipinski definition) is 3. The molecule has 0 saturated carbocycles. The molecular formula is C14H23N3O. The molecule has 0 spiro atoms. The quantitative estimate of drug-likeness (QED) is 0.662. The molecular weight excluding hydrogens is 226 g/mol. The van der Waals surface area contributed by atoms with Gasteiger partial charge < -0.3 is 14.7 Å². The molecule has 2 rings (SSSR count). The lowest BCUT2D eigenvalue weighted by Crippen LogP contribution is -2.45. The summed E-state index contributed by atoms with van der Waals surface area (Å²) in [5, 5.41) is 0. The summed E-state index contributed by atoms with van der Waals surface area (Å²) in [7, 11) is 2.17. The Bertz CT molecular complexity index is 328. The summed E-state index contributed by atoms with van der Waals surface area (Å²) in [6.07, 6.45) is 6.98. The zero-order valence-corrected chi connectivity index (χ0v) is 11.3. The molecule has 0 aromatic carbocycles. The highest BCUT2D eigenvalue weighted by Gasteiger charge is 2.27. The molecule has 1 unspecified atom stereocenters. The number of carbonyl (C=O) groups is 1. The molecule has 0 bridgehead atoms. The maximum absolute atomic E-state index is 11.7. The topological polar surface area (TPSA) is 26.8 Å². The third kappa shape index (κ3) is 3.47. The van der Waals surface area contributed by atoms with E-state index < -0.39 is 0 Å². The first kappa shape index (κ1) is 13.4. The van der Waals surface area contributed by atoms with E-state index in [0.717, 1.165) is 52.2 Å². The van der Waals surface area contributed by atoms with Crippen LogP contribution in [-0.2, 0) is 4.79 Å². The predicted molar refractivity (Wildman–Crippen MR) is 72.1 cm³/mol. The molecule has 0 N–H and O–H groups in total. The Balaban J connectivity index is 1.64. The first-order valence-corrected chi connectivity index (χ1v) is 6.84. The smallest absolute Gasteiger partial charge is 0.223 e. The van der Waals surface area contributed by atoms with Gasteiger partial charge in [-0.15, -0.1) is 12.3 Å². The van der Waals surface area contributed by atoms with E-state index in [1.54, 1.807) is 0 Å². The molecule has 1 atom stereocenters. The molecule has 100 valence electrons. The average molecular weight is 249 g/mol. The Labute approximate surface area is 110 Å². The van der Waals surface area contributed by atoms with Gasteiger partial charge in [0.2, 0.25) is 5.91 Å². The SMILES string of the molecule is C#CC1CC(=O)N(CCCN2CCN(C)CC2)C1. The van der Waals surface area contributed by atoms with Crippen LogP contribution < -0.4 is 0 Å². The van der Waals surface area contributed by atoms with Crippen LogP contribution in [0.1, 0.15) is 12.8 Å². The van der Waals surface area contributed by atoms with Crippen molar-refractivity contribution in [3.05, 3.63) is 0 Å². The van der Waals surface area contributed by atoms with Crippen molar-refractivity contribution in [2.75, 3.05) is 52.9 Å². The normalized spacial score (nSPS) is 26.6. The summed E-state index contributed by atoms with van der Waals surface area (Å²) >= 11 is 0. The predicted octanol–water partition coefficient (Wildman–Crippen LogP) is 0.106. The Morgan fingerprint density at radius 3 is 2.61 bits per heavy atom. The van der Waals surface area contributed by atoms with Gasteiger partial charge in [0.1, 0.15) is 0 Å². The highest BCUT2D eigenvalue weighted by Crippen LogP contribution is 2.16. The molecule has 0 aliphatic carbocycles. The highest BCUT2D eigenvalue weighted by atomic mass is 16.2. The van der Waals surface area contributed by atoms with Gasteiger partial charge in [0.25, 0.3) is 0 Å².